The standard InChI is InChI=1S/C17H24N4/c1-13-15-8-3-4-9-16(15)17(20-19-13)21-12-6-5-7-14(21)10-11-18-2/h3-4,8-9,14,18H,5-7,10-12H2,1-2H3. The third kappa shape index (κ3) is 2.86. The van der Waals surface area contributed by atoms with E-state index in [0.29, 0.717) is 6.04 Å². The molecule has 0 saturated carbocycles. The number of benzene rings is 1. The predicted octanol–water partition coefficient (Wildman–Crippen LogP) is 2.91. The van der Waals surface area contributed by atoms with Crippen LogP contribution in [0.4, 0.5) is 5.82 Å². The summed E-state index contributed by atoms with van der Waals surface area (Å²) in [5, 5.41) is 14.7. The molecule has 1 atom stereocenters. The summed E-state index contributed by atoms with van der Waals surface area (Å²) in [7, 11) is 2.02. The normalized spacial score (nSPS) is 19.1. The van der Waals surface area contributed by atoms with Gasteiger partial charge in [-0.15, -0.1) is 5.10 Å². The number of hydrogen-bond donors (Lipinski definition) is 1. The fraction of sp³-hybridized carbons (Fsp3) is 0.529. The Balaban J connectivity index is 1.99. The van der Waals surface area contributed by atoms with Crippen LogP contribution in [0, 0.1) is 6.92 Å². The van der Waals surface area contributed by atoms with Crippen LogP contribution in [0.2, 0.25) is 0 Å². The second-order valence-corrected chi connectivity index (χ2v) is 5.89. The van der Waals surface area contributed by atoms with Gasteiger partial charge in [0, 0.05) is 23.4 Å². The van der Waals surface area contributed by atoms with Crippen LogP contribution in [0.3, 0.4) is 0 Å². The highest BCUT2D eigenvalue weighted by molar-refractivity contribution is 5.93. The Morgan fingerprint density at radius 3 is 2.81 bits per heavy atom. The van der Waals surface area contributed by atoms with Gasteiger partial charge in [-0.25, -0.2) is 0 Å². The zero-order chi connectivity index (χ0) is 14.7. The number of nitrogens with one attached hydrogen (secondary N) is 1. The molecule has 112 valence electrons. The molecule has 4 nitrogen and oxygen atoms in total. The second-order valence-electron chi connectivity index (χ2n) is 5.89. The minimum Gasteiger partial charge on any atom is -0.352 e. The van der Waals surface area contributed by atoms with E-state index in [1.807, 2.05) is 14.0 Å². The molecule has 0 spiro atoms. The number of hydrogen-bond acceptors (Lipinski definition) is 4. The van der Waals surface area contributed by atoms with Crippen molar-refractivity contribution >= 4 is 16.6 Å². The van der Waals surface area contributed by atoms with E-state index < -0.39 is 0 Å². The highest BCUT2D eigenvalue weighted by atomic mass is 15.3. The van der Waals surface area contributed by atoms with Crippen molar-refractivity contribution in [1.29, 1.82) is 0 Å². The Morgan fingerprint density at radius 1 is 1.19 bits per heavy atom. The van der Waals surface area contributed by atoms with Gasteiger partial charge in [0.2, 0.25) is 0 Å². The van der Waals surface area contributed by atoms with Gasteiger partial charge in [0.15, 0.2) is 5.82 Å². The van der Waals surface area contributed by atoms with Gasteiger partial charge in [0.05, 0.1) is 5.69 Å². The highest BCUT2D eigenvalue weighted by Gasteiger charge is 2.25. The average molecular weight is 284 g/mol. The first-order valence-electron chi connectivity index (χ1n) is 7.94. The smallest absolute Gasteiger partial charge is 0.159 e. The quantitative estimate of drug-likeness (QED) is 0.937. The average Bonchev–Trinajstić information content (AvgIpc) is 2.54. The van der Waals surface area contributed by atoms with E-state index in [4.69, 9.17) is 0 Å². The van der Waals surface area contributed by atoms with Crippen LogP contribution < -0.4 is 10.2 Å². The number of aryl methyl sites for hydroxylation is 1. The fourth-order valence-electron chi connectivity index (χ4n) is 3.33. The van der Waals surface area contributed by atoms with Gasteiger partial charge < -0.3 is 10.2 Å². The van der Waals surface area contributed by atoms with Crippen molar-refractivity contribution in [2.45, 2.75) is 38.6 Å². The van der Waals surface area contributed by atoms with Crippen LogP contribution in [0.15, 0.2) is 24.3 Å². The molecule has 1 aromatic carbocycles. The maximum absolute atomic E-state index is 4.54. The molecular formula is C17H24N4. The molecule has 2 aromatic rings. The number of piperidine rings is 1. The first kappa shape index (κ1) is 14.3. The summed E-state index contributed by atoms with van der Waals surface area (Å²) < 4.78 is 0. The molecule has 1 aliphatic rings. The molecule has 2 heterocycles. The van der Waals surface area contributed by atoms with Gasteiger partial charge in [-0.1, -0.05) is 24.3 Å². The summed E-state index contributed by atoms with van der Waals surface area (Å²) in [6.07, 6.45) is 4.99. The maximum atomic E-state index is 4.54. The van der Waals surface area contributed by atoms with Crippen LogP contribution >= 0.6 is 0 Å². The lowest BCUT2D eigenvalue weighted by atomic mass is 9.98. The number of rotatable bonds is 4. The number of anilines is 1. The lowest BCUT2D eigenvalue weighted by Gasteiger charge is -2.37. The Hall–Kier alpha value is -1.68. The van der Waals surface area contributed by atoms with E-state index in [1.54, 1.807) is 0 Å². The molecule has 0 radical (unpaired) electrons. The van der Waals surface area contributed by atoms with E-state index in [-0.39, 0.29) is 0 Å². The van der Waals surface area contributed by atoms with Crippen molar-refractivity contribution in [2.75, 3.05) is 25.0 Å². The largest absolute Gasteiger partial charge is 0.352 e. The Labute approximate surface area is 126 Å². The lowest BCUT2D eigenvalue weighted by Crippen LogP contribution is -2.41. The molecule has 1 N–H and O–H groups in total. The van der Waals surface area contributed by atoms with E-state index in [9.17, 15) is 0 Å². The van der Waals surface area contributed by atoms with Crippen LogP contribution in [-0.2, 0) is 0 Å². The van der Waals surface area contributed by atoms with Crippen LogP contribution in [0.1, 0.15) is 31.4 Å². The summed E-state index contributed by atoms with van der Waals surface area (Å²) in [5.41, 5.74) is 1.01. The summed E-state index contributed by atoms with van der Waals surface area (Å²) in [4.78, 5) is 2.48. The molecule has 0 aliphatic carbocycles. The van der Waals surface area contributed by atoms with Crippen LogP contribution in [-0.4, -0.2) is 36.4 Å². The highest BCUT2D eigenvalue weighted by Crippen LogP contribution is 2.31. The van der Waals surface area contributed by atoms with Gasteiger partial charge in [-0.05, 0) is 46.2 Å². The van der Waals surface area contributed by atoms with Crippen molar-refractivity contribution < 1.29 is 0 Å². The SMILES string of the molecule is CNCCC1CCCCN1c1nnc(C)c2ccccc12. The van der Waals surface area contributed by atoms with E-state index in [2.05, 4.69) is 44.7 Å². The van der Waals surface area contributed by atoms with Crippen LogP contribution in [0.5, 0.6) is 0 Å². The minimum absolute atomic E-state index is 0.576. The molecule has 1 aliphatic heterocycles. The summed E-state index contributed by atoms with van der Waals surface area (Å²) in [6.45, 7) is 4.18. The first-order chi connectivity index (χ1) is 10.3. The monoisotopic (exact) mass is 284 g/mol. The Bertz CT molecular complexity index is 611. The molecule has 3 rings (SSSR count). The second kappa shape index (κ2) is 6.39. The van der Waals surface area contributed by atoms with Gasteiger partial charge in [0.25, 0.3) is 0 Å². The molecule has 0 amide bonds. The Morgan fingerprint density at radius 2 is 2.00 bits per heavy atom. The first-order valence-corrected chi connectivity index (χ1v) is 7.94. The molecule has 0 bridgehead atoms. The third-order valence-corrected chi connectivity index (χ3v) is 4.48. The minimum atomic E-state index is 0.576. The van der Waals surface area contributed by atoms with Crippen LogP contribution in [0.25, 0.3) is 10.8 Å². The van der Waals surface area contributed by atoms with Crippen molar-refractivity contribution in [3.8, 4) is 0 Å². The Kier molecular flexibility index (Phi) is 4.34. The topological polar surface area (TPSA) is 41.0 Å². The van der Waals surface area contributed by atoms with Crippen molar-refractivity contribution in [3.05, 3.63) is 30.0 Å². The van der Waals surface area contributed by atoms with E-state index >= 15 is 0 Å². The van der Waals surface area contributed by atoms with E-state index in [0.717, 1.165) is 24.6 Å². The summed E-state index contributed by atoms with van der Waals surface area (Å²) in [6, 6.07) is 9.08. The molecule has 1 unspecified atom stereocenters. The lowest BCUT2D eigenvalue weighted by molar-refractivity contribution is 0.430. The molecule has 21 heavy (non-hydrogen) atoms. The van der Waals surface area contributed by atoms with Gasteiger partial charge in [-0.2, -0.15) is 5.10 Å². The van der Waals surface area contributed by atoms with Gasteiger partial charge in [0.1, 0.15) is 0 Å². The summed E-state index contributed by atoms with van der Waals surface area (Å²) >= 11 is 0. The molecule has 1 fully saturated rings. The van der Waals surface area contributed by atoms with Gasteiger partial charge >= 0.3 is 0 Å². The van der Waals surface area contributed by atoms with E-state index in [1.165, 1.54) is 36.5 Å². The predicted molar refractivity (Wildman–Crippen MR) is 87.8 cm³/mol. The maximum Gasteiger partial charge on any atom is 0.159 e. The number of nitrogens with zero attached hydrogens (tertiary/aromatic N) is 3. The fourth-order valence-corrected chi connectivity index (χ4v) is 3.33. The molecule has 1 saturated heterocycles. The zero-order valence-electron chi connectivity index (χ0n) is 13.0. The molecule has 4 heteroatoms. The molecular weight excluding hydrogens is 260 g/mol. The van der Waals surface area contributed by atoms with Crippen molar-refractivity contribution in [3.63, 3.8) is 0 Å². The number of fused-ring (bicyclic) bond motifs is 1. The van der Waals surface area contributed by atoms with Crippen molar-refractivity contribution in [1.82, 2.24) is 15.5 Å². The van der Waals surface area contributed by atoms with Crippen molar-refractivity contribution in [2.24, 2.45) is 0 Å². The van der Waals surface area contributed by atoms with Gasteiger partial charge in [-0.3, -0.25) is 0 Å². The third-order valence-electron chi connectivity index (χ3n) is 4.48. The summed E-state index contributed by atoms with van der Waals surface area (Å²) in [5.74, 6) is 1.07. The number of aromatic nitrogens is 2. The molecule has 1 aromatic heterocycles. The zero-order valence-corrected chi connectivity index (χ0v) is 13.0.